The molecule has 0 bridgehead atoms. The fraction of sp³-hybridized carbons (Fsp3) is 1.00. The molecule has 0 radical (unpaired) electrons. The first-order valence-electron chi connectivity index (χ1n) is 5.83. The fourth-order valence-corrected chi connectivity index (χ4v) is 1.90. The molecule has 1 fully saturated rings. The van der Waals surface area contributed by atoms with Gasteiger partial charge in [0, 0.05) is 13.2 Å². The number of nitrogens with one attached hydrogen (secondary N) is 2. The Labute approximate surface area is 87.6 Å². The third-order valence-corrected chi connectivity index (χ3v) is 2.90. The van der Waals surface area contributed by atoms with E-state index in [4.69, 9.17) is 4.74 Å². The molecule has 2 atom stereocenters. The average molecular weight is 200 g/mol. The quantitative estimate of drug-likeness (QED) is 0.643. The van der Waals surface area contributed by atoms with Crippen molar-refractivity contribution in [1.82, 2.24) is 10.6 Å². The molecule has 1 aliphatic rings. The lowest BCUT2D eigenvalue weighted by atomic mass is 10.1. The van der Waals surface area contributed by atoms with Crippen molar-refractivity contribution >= 4 is 0 Å². The molecule has 1 saturated heterocycles. The molecule has 0 spiro atoms. The van der Waals surface area contributed by atoms with Gasteiger partial charge in [0.2, 0.25) is 0 Å². The smallest absolute Gasteiger partial charge is 0.0700 e. The van der Waals surface area contributed by atoms with Gasteiger partial charge in [-0.15, -0.1) is 0 Å². The Kier molecular flexibility index (Phi) is 6.15. The summed E-state index contributed by atoms with van der Waals surface area (Å²) in [7, 11) is 2.02. The van der Waals surface area contributed by atoms with Crippen LogP contribution in [0, 0.1) is 5.92 Å². The number of ether oxygens (including phenoxy) is 1. The lowest BCUT2D eigenvalue weighted by Gasteiger charge is -2.17. The molecule has 2 unspecified atom stereocenters. The summed E-state index contributed by atoms with van der Waals surface area (Å²) >= 11 is 0. The predicted molar refractivity (Wildman–Crippen MR) is 59.6 cm³/mol. The highest BCUT2D eigenvalue weighted by Gasteiger charge is 2.15. The van der Waals surface area contributed by atoms with E-state index < -0.39 is 0 Å². The zero-order valence-corrected chi connectivity index (χ0v) is 9.51. The van der Waals surface area contributed by atoms with E-state index in [1.165, 1.54) is 19.3 Å². The molecule has 1 heterocycles. The van der Waals surface area contributed by atoms with Crippen LogP contribution in [0.15, 0.2) is 0 Å². The molecular weight excluding hydrogens is 176 g/mol. The molecule has 14 heavy (non-hydrogen) atoms. The first kappa shape index (κ1) is 12.0. The van der Waals surface area contributed by atoms with E-state index in [2.05, 4.69) is 17.6 Å². The van der Waals surface area contributed by atoms with Crippen LogP contribution in [0.25, 0.3) is 0 Å². The minimum atomic E-state index is 0.474. The topological polar surface area (TPSA) is 33.3 Å². The summed E-state index contributed by atoms with van der Waals surface area (Å²) in [6, 6.07) is 0. The maximum Gasteiger partial charge on any atom is 0.0700 e. The van der Waals surface area contributed by atoms with Crippen LogP contribution in [0.1, 0.15) is 26.2 Å². The van der Waals surface area contributed by atoms with Crippen LogP contribution in [0.2, 0.25) is 0 Å². The molecule has 84 valence electrons. The highest BCUT2D eigenvalue weighted by molar-refractivity contribution is 4.69. The van der Waals surface area contributed by atoms with Gasteiger partial charge in [-0.3, -0.25) is 0 Å². The standard InChI is InChI=1S/C11H24N2O/c1-3-10(7-12-2)8-13-9-11-5-4-6-14-11/h10-13H,3-9H2,1-2H3. The first-order chi connectivity index (χ1) is 6.86. The maximum absolute atomic E-state index is 5.55. The van der Waals surface area contributed by atoms with E-state index in [1.54, 1.807) is 0 Å². The minimum Gasteiger partial charge on any atom is -0.377 e. The van der Waals surface area contributed by atoms with E-state index in [-0.39, 0.29) is 0 Å². The lowest BCUT2D eigenvalue weighted by Crippen LogP contribution is -2.33. The lowest BCUT2D eigenvalue weighted by molar-refractivity contribution is 0.109. The van der Waals surface area contributed by atoms with E-state index in [0.29, 0.717) is 6.10 Å². The summed E-state index contributed by atoms with van der Waals surface area (Å²) in [5.41, 5.74) is 0. The van der Waals surface area contributed by atoms with Crippen molar-refractivity contribution in [3.8, 4) is 0 Å². The van der Waals surface area contributed by atoms with E-state index in [9.17, 15) is 0 Å². The molecular formula is C11H24N2O. The Morgan fingerprint density at radius 3 is 2.86 bits per heavy atom. The van der Waals surface area contributed by atoms with Crippen LogP contribution in [-0.4, -0.2) is 39.4 Å². The molecule has 0 aliphatic carbocycles. The second kappa shape index (κ2) is 7.21. The minimum absolute atomic E-state index is 0.474. The molecule has 0 aromatic heterocycles. The predicted octanol–water partition coefficient (Wildman–Crippen LogP) is 1.00. The van der Waals surface area contributed by atoms with Crippen LogP contribution in [0.5, 0.6) is 0 Å². The molecule has 1 rings (SSSR count). The summed E-state index contributed by atoms with van der Waals surface area (Å²) < 4.78 is 5.55. The SMILES string of the molecule is CCC(CNC)CNCC1CCCO1. The number of rotatable bonds is 7. The Bertz CT molecular complexity index is 135. The third kappa shape index (κ3) is 4.40. The average Bonchev–Trinajstić information content (AvgIpc) is 2.69. The molecule has 3 heteroatoms. The van der Waals surface area contributed by atoms with Crippen molar-refractivity contribution in [2.24, 2.45) is 5.92 Å². The van der Waals surface area contributed by atoms with Gasteiger partial charge in [0.05, 0.1) is 6.10 Å². The van der Waals surface area contributed by atoms with Crippen molar-refractivity contribution in [2.75, 3.05) is 33.3 Å². The van der Waals surface area contributed by atoms with E-state index >= 15 is 0 Å². The normalized spacial score (nSPS) is 24.0. The van der Waals surface area contributed by atoms with Gasteiger partial charge >= 0.3 is 0 Å². The third-order valence-electron chi connectivity index (χ3n) is 2.90. The molecule has 0 aromatic rings. The highest BCUT2D eigenvalue weighted by atomic mass is 16.5. The van der Waals surface area contributed by atoms with Crippen LogP contribution in [0.3, 0.4) is 0 Å². The Morgan fingerprint density at radius 2 is 2.29 bits per heavy atom. The van der Waals surface area contributed by atoms with Gasteiger partial charge in [-0.25, -0.2) is 0 Å². The van der Waals surface area contributed by atoms with Crippen molar-refractivity contribution in [1.29, 1.82) is 0 Å². The first-order valence-corrected chi connectivity index (χ1v) is 5.83. The Morgan fingerprint density at radius 1 is 1.43 bits per heavy atom. The molecule has 1 aliphatic heterocycles. The zero-order chi connectivity index (χ0) is 10.2. The van der Waals surface area contributed by atoms with Gasteiger partial charge in [0.15, 0.2) is 0 Å². The van der Waals surface area contributed by atoms with Crippen molar-refractivity contribution in [3.63, 3.8) is 0 Å². The summed E-state index contributed by atoms with van der Waals surface area (Å²) in [5.74, 6) is 0.751. The van der Waals surface area contributed by atoms with Crippen LogP contribution in [-0.2, 0) is 4.74 Å². The van der Waals surface area contributed by atoms with Crippen LogP contribution >= 0.6 is 0 Å². The summed E-state index contributed by atoms with van der Waals surface area (Å²) in [4.78, 5) is 0. The number of hydrogen-bond donors (Lipinski definition) is 2. The fourth-order valence-electron chi connectivity index (χ4n) is 1.90. The van der Waals surface area contributed by atoms with Crippen molar-refractivity contribution < 1.29 is 4.74 Å². The molecule has 0 amide bonds. The van der Waals surface area contributed by atoms with Gasteiger partial charge in [-0.05, 0) is 38.9 Å². The summed E-state index contributed by atoms with van der Waals surface area (Å²) in [5, 5.41) is 6.72. The van der Waals surface area contributed by atoms with Crippen LogP contribution < -0.4 is 10.6 Å². The highest BCUT2D eigenvalue weighted by Crippen LogP contribution is 2.10. The summed E-state index contributed by atoms with van der Waals surface area (Å²) in [6.45, 7) is 6.45. The largest absolute Gasteiger partial charge is 0.377 e. The van der Waals surface area contributed by atoms with Crippen molar-refractivity contribution in [3.05, 3.63) is 0 Å². The monoisotopic (exact) mass is 200 g/mol. The van der Waals surface area contributed by atoms with Gasteiger partial charge in [0.25, 0.3) is 0 Å². The molecule has 3 nitrogen and oxygen atoms in total. The second-order valence-electron chi connectivity index (χ2n) is 4.13. The maximum atomic E-state index is 5.55. The molecule has 2 N–H and O–H groups in total. The summed E-state index contributed by atoms with van der Waals surface area (Å²) in [6.07, 6.45) is 4.18. The van der Waals surface area contributed by atoms with E-state index in [1.807, 2.05) is 7.05 Å². The zero-order valence-electron chi connectivity index (χ0n) is 9.51. The second-order valence-corrected chi connectivity index (χ2v) is 4.13. The van der Waals surface area contributed by atoms with Gasteiger partial charge in [-0.1, -0.05) is 13.3 Å². The molecule has 0 saturated carbocycles. The Hall–Kier alpha value is -0.120. The Balaban J connectivity index is 2.00. The van der Waals surface area contributed by atoms with Gasteiger partial charge < -0.3 is 15.4 Å². The van der Waals surface area contributed by atoms with Crippen molar-refractivity contribution in [2.45, 2.75) is 32.3 Å². The van der Waals surface area contributed by atoms with Crippen LogP contribution in [0.4, 0.5) is 0 Å². The van der Waals surface area contributed by atoms with Gasteiger partial charge in [-0.2, -0.15) is 0 Å². The molecule has 0 aromatic carbocycles. The van der Waals surface area contributed by atoms with E-state index in [0.717, 1.165) is 32.2 Å². The number of hydrogen-bond acceptors (Lipinski definition) is 3. The van der Waals surface area contributed by atoms with Gasteiger partial charge in [0.1, 0.15) is 0 Å².